The van der Waals surface area contributed by atoms with Gasteiger partial charge < -0.3 is 15.4 Å². The Balaban J connectivity index is 1.46. The third-order valence-corrected chi connectivity index (χ3v) is 4.93. The van der Waals surface area contributed by atoms with Crippen LogP contribution in [-0.2, 0) is 13.2 Å². The molecule has 0 unspecified atom stereocenters. The Labute approximate surface area is 177 Å². The maximum Gasteiger partial charge on any atom is 0.253 e. The summed E-state index contributed by atoms with van der Waals surface area (Å²) >= 11 is 6.41. The number of halogens is 1. The zero-order chi connectivity index (χ0) is 21.1. The second-order valence-corrected chi connectivity index (χ2v) is 7.20. The number of aromatic nitrogens is 4. The molecule has 0 aliphatic heterocycles. The van der Waals surface area contributed by atoms with Crippen molar-refractivity contribution in [2.45, 2.75) is 13.2 Å². The highest BCUT2D eigenvalue weighted by atomic mass is 35.5. The summed E-state index contributed by atoms with van der Waals surface area (Å²) in [7, 11) is 1.76. The molecule has 152 valence electrons. The van der Waals surface area contributed by atoms with Crippen molar-refractivity contribution in [2.75, 3.05) is 12.8 Å². The van der Waals surface area contributed by atoms with Crippen molar-refractivity contribution in [3.05, 3.63) is 76.3 Å². The van der Waals surface area contributed by atoms with Crippen LogP contribution in [0.25, 0.3) is 11.2 Å². The van der Waals surface area contributed by atoms with Gasteiger partial charge in [-0.1, -0.05) is 53.2 Å². The van der Waals surface area contributed by atoms with Crippen LogP contribution in [0.5, 0.6) is 5.75 Å². The first-order valence-electron chi connectivity index (χ1n) is 9.19. The van der Waals surface area contributed by atoms with Crippen LogP contribution in [0.1, 0.15) is 21.5 Å². The highest BCUT2D eigenvalue weighted by Gasteiger charge is 2.15. The van der Waals surface area contributed by atoms with Crippen molar-refractivity contribution in [3.63, 3.8) is 0 Å². The van der Waals surface area contributed by atoms with Crippen molar-refractivity contribution < 1.29 is 9.53 Å². The van der Waals surface area contributed by atoms with Crippen molar-refractivity contribution in [3.8, 4) is 5.75 Å². The number of nitrogens with zero attached hydrogens (tertiary/aromatic N) is 4. The molecule has 2 aromatic heterocycles. The topological polar surface area (TPSA) is 110 Å². The van der Waals surface area contributed by atoms with E-state index < -0.39 is 0 Å². The summed E-state index contributed by atoms with van der Waals surface area (Å²) in [6, 6.07) is 16.5. The smallest absolute Gasteiger partial charge is 0.253 e. The molecule has 1 amide bonds. The standard InChI is InChI=1S/C21H19ClN6O2/c1-28(11-13-5-3-2-4-6-13)21(29)14-7-8-15(16(22)9-14)12-30-17-10-18(23)24-20-19(17)25-27-26-20/h2-10H,11-12H2,1H3,(H3,23,24,25,26,27). The molecule has 0 atom stereocenters. The molecule has 4 aromatic rings. The van der Waals surface area contributed by atoms with E-state index in [1.807, 2.05) is 30.3 Å². The van der Waals surface area contributed by atoms with Crippen molar-refractivity contribution in [2.24, 2.45) is 0 Å². The average molecular weight is 423 g/mol. The normalized spacial score (nSPS) is 10.9. The lowest BCUT2D eigenvalue weighted by atomic mass is 10.1. The van der Waals surface area contributed by atoms with Gasteiger partial charge in [0.05, 0.1) is 0 Å². The van der Waals surface area contributed by atoms with Gasteiger partial charge in [-0.3, -0.25) is 4.79 Å². The fourth-order valence-corrected chi connectivity index (χ4v) is 3.28. The lowest BCUT2D eigenvalue weighted by molar-refractivity contribution is 0.0785. The number of H-pyrrole nitrogens is 1. The lowest BCUT2D eigenvalue weighted by Crippen LogP contribution is -2.26. The molecule has 0 saturated heterocycles. The van der Waals surface area contributed by atoms with Crippen molar-refractivity contribution in [1.82, 2.24) is 25.3 Å². The number of anilines is 1. The Bertz CT molecular complexity index is 1190. The number of ether oxygens (including phenoxy) is 1. The largest absolute Gasteiger partial charge is 0.486 e. The summed E-state index contributed by atoms with van der Waals surface area (Å²) in [6.45, 7) is 0.692. The predicted octanol–water partition coefficient (Wildman–Crippen LogP) is 3.44. The molecule has 30 heavy (non-hydrogen) atoms. The molecular formula is C21H19ClN6O2. The maximum absolute atomic E-state index is 12.7. The van der Waals surface area contributed by atoms with Crippen LogP contribution in [0.3, 0.4) is 0 Å². The third-order valence-electron chi connectivity index (χ3n) is 4.58. The highest BCUT2D eigenvalue weighted by molar-refractivity contribution is 6.31. The SMILES string of the molecule is CN(Cc1ccccc1)C(=O)c1ccc(COc2cc(N)nc3[nH]nnc23)c(Cl)c1. The fourth-order valence-electron chi connectivity index (χ4n) is 3.04. The molecule has 3 N–H and O–H groups in total. The van der Waals surface area contributed by atoms with Crippen LogP contribution in [0.4, 0.5) is 5.82 Å². The van der Waals surface area contributed by atoms with Crippen LogP contribution in [0, 0.1) is 0 Å². The number of pyridine rings is 1. The van der Waals surface area contributed by atoms with E-state index in [0.717, 1.165) is 11.1 Å². The van der Waals surface area contributed by atoms with Gasteiger partial charge in [-0.15, -0.1) is 5.10 Å². The zero-order valence-corrected chi connectivity index (χ0v) is 16.9. The monoisotopic (exact) mass is 422 g/mol. The second-order valence-electron chi connectivity index (χ2n) is 6.80. The first-order valence-corrected chi connectivity index (χ1v) is 9.57. The van der Waals surface area contributed by atoms with E-state index in [-0.39, 0.29) is 18.3 Å². The Morgan fingerprint density at radius 1 is 1.20 bits per heavy atom. The summed E-state index contributed by atoms with van der Waals surface area (Å²) in [5.74, 6) is 0.626. The number of hydrogen-bond donors (Lipinski definition) is 2. The van der Waals surface area contributed by atoms with Gasteiger partial charge in [-0.05, 0) is 17.7 Å². The van der Waals surface area contributed by atoms with E-state index in [0.29, 0.717) is 34.0 Å². The average Bonchev–Trinajstić information content (AvgIpc) is 3.21. The molecule has 0 saturated carbocycles. The molecule has 2 aromatic carbocycles. The molecule has 0 bridgehead atoms. The van der Waals surface area contributed by atoms with E-state index in [2.05, 4.69) is 20.4 Å². The number of hydrogen-bond acceptors (Lipinski definition) is 6. The first-order chi connectivity index (χ1) is 14.5. The Hall–Kier alpha value is -3.65. The van der Waals surface area contributed by atoms with Gasteiger partial charge >= 0.3 is 0 Å². The number of carbonyl (C=O) groups excluding carboxylic acids is 1. The first kappa shape index (κ1) is 19.7. The molecule has 8 nitrogen and oxygen atoms in total. The predicted molar refractivity (Wildman–Crippen MR) is 114 cm³/mol. The molecule has 0 spiro atoms. The van der Waals surface area contributed by atoms with Gasteiger partial charge in [0.15, 0.2) is 16.9 Å². The van der Waals surface area contributed by atoms with E-state index in [4.69, 9.17) is 22.1 Å². The van der Waals surface area contributed by atoms with Crippen LogP contribution in [0.15, 0.2) is 54.6 Å². The number of rotatable bonds is 6. The molecule has 2 heterocycles. The molecule has 9 heteroatoms. The second kappa shape index (κ2) is 8.38. The van der Waals surface area contributed by atoms with E-state index in [1.54, 1.807) is 36.2 Å². The van der Waals surface area contributed by atoms with Crippen LogP contribution in [0.2, 0.25) is 5.02 Å². The Morgan fingerprint density at radius 3 is 2.77 bits per heavy atom. The summed E-state index contributed by atoms with van der Waals surface area (Å²) in [4.78, 5) is 18.5. The van der Waals surface area contributed by atoms with E-state index in [1.165, 1.54) is 0 Å². The van der Waals surface area contributed by atoms with Gasteiger partial charge in [0.1, 0.15) is 12.4 Å². The number of aromatic amines is 1. The lowest BCUT2D eigenvalue weighted by Gasteiger charge is -2.18. The van der Waals surface area contributed by atoms with E-state index in [9.17, 15) is 4.79 Å². The number of benzene rings is 2. The Kier molecular flexibility index (Phi) is 5.49. The summed E-state index contributed by atoms with van der Waals surface area (Å²) < 4.78 is 5.83. The van der Waals surface area contributed by atoms with Crippen molar-refractivity contribution in [1.29, 1.82) is 0 Å². The molecule has 0 fully saturated rings. The summed E-state index contributed by atoms with van der Waals surface area (Å²) in [5, 5.41) is 10.8. The van der Waals surface area contributed by atoms with Gasteiger partial charge in [0.25, 0.3) is 5.91 Å². The van der Waals surface area contributed by atoms with Gasteiger partial charge in [-0.25, -0.2) is 10.1 Å². The van der Waals surface area contributed by atoms with Crippen molar-refractivity contribution >= 4 is 34.5 Å². The number of nitrogens with two attached hydrogens (primary N) is 1. The van der Waals surface area contributed by atoms with Crippen LogP contribution >= 0.6 is 11.6 Å². The van der Waals surface area contributed by atoms with E-state index >= 15 is 0 Å². The molecule has 0 aliphatic carbocycles. The minimum absolute atomic E-state index is 0.112. The summed E-state index contributed by atoms with van der Waals surface area (Å²) in [6.07, 6.45) is 0. The third kappa shape index (κ3) is 4.18. The quantitative estimate of drug-likeness (QED) is 0.492. The van der Waals surface area contributed by atoms with Crippen LogP contribution < -0.4 is 10.5 Å². The zero-order valence-electron chi connectivity index (χ0n) is 16.2. The molecule has 0 aliphatic rings. The maximum atomic E-state index is 12.7. The van der Waals surface area contributed by atoms with Gasteiger partial charge in [0.2, 0.25) is 0 Å². The minimum atomic E-state index is -0.112. The molecule has 0 radical (unpaired) electrons. The van der Waals surface area contributed by atoms with Crippen LogP contribution in [-0.4, -0.2) is 38.2 Å². The molecular weight excluding hydrogens is 404 g/mol. The minimum Gasteiger partial charge on any atom is -0.486 e. The highest BCUT2D eigenvalue weighted by Crippen LogP contribution is 2.26. The number of nitrogen functional groups attached to an aromatic ring is 1. The number of fused-ring (bicyclic) bond motifs is 1. The number of nitrogens with one attached hydrogen (secondary N) is 1. The molecule has 4 rings (SSSR count). The number of carbonyl (C=O) groups is 1. The Morgan fingerprint density at radius 2 is 2.00 bits per heavy atom. The van der Waals surface area contributed by atoms with Gasteiger partial charge in [-0.2, -0.15) is 0 Å². The van der Waals surface area contributed by atoms with Gasteiger partial charge in [0, 0.05) is 35.8 Å². The fraction of sp³-hybridized carbons (Fsp3) is 0.143. The summed E-state index contributed by atoms with van der Waals surface area (Å²) in [5.41, 5.74) is 9.00. The number of amides is 1.